The molecule has 0 spiro atoms. The van der Waals surface area contributed by atoms with Crippen molar-refractivity contribution < 1.29 is 24.1 Å². The van der Waals surface area contributed by atoms with Gasteiger partial charge in [0.15, 0.2) is 0 Å². The Labute approximate surface area is 268 Å². The Morgan fingerprint density at radius 2 is 1.73 bits per heavy atom. The van der Waals surface area contributed by atoms with E-state index >= 15 is 0 Å². The van der Waals surface area contributed by atoms with E-state index in [2.05, 4.69) is 82.2 Å². The molecule has 1 heterocycles. The number of allylic oxidation sites excluding steroid dienone is 1. The first kappa shape index (κ1) is 34.4. The van der Waals surface area contributed by atoms with Crippen LogP contribution in [0, 0.1) is 62.1 Å². The number of methoxy groups -OCH3 is 1. The first-order valence-corrected chi connectivity index (χ1v) is 17.6. The standard InChI is InChI=1S/C38H65NO5/c1-23(2)24(3)33(7)17-18-35(9)25-13-14-28-34(8)20-43-22-38(28,26(25)15-16-36(35,10)29(33)31(40)41)19-27(42-12)30(34)44-21-37(11,39)32(4,5)6/h15,23-25,27-30H,13-14,16-22,39H2,1-12H3,(H,40,41)/t24-,25+,27-,28+,29-,30+,33-,34?,35-,36+,37-,38+/m1/s1. The molecule has 1 saturated heterocycles. The summed E-state index contributed by atoms with van der Waals surface area (Å²) in [7, 11) is 1.84. The van der Waals surface area contributed by atoms with Crippen molar-refractivity contribution in [3.63, 3.8) is 0 Å². The molecule has 5 rings (SSSR count). The largest absolute Gasteiger partial charge is 0.481 e. The van der Waals surface area contributed by atoms with Crippen LogP contribution < -0.4 is 5.73 Å². The number of rotatable bonds is 7. The third-order valence-electron chi connectivity index (χ3n) is 15.6. The highest BCUT2D eigenvalue weighted by atomic mass is 16.5. The molecule has 3 N–H and O–H groups in total. The van der Waals surface area contributed by atoms with Crippen LogP contribution in [0.1, 0.15) is 115 Å². The SMILES string of the molecule is CO[C@@H]1C[C@@]23COCC(C)([C@H]1OC[C@@](C)(N)C(C)(C)C)[C@@H]2CC[C@H]1C3=CC[C@@]2(C)[C@H](C(=O)O)[C@@](C)([C@H](C)C(C)C)CC[C@]12C. The molecule has 4 aliphatic carbocycles. The highest BCUT2D eigenvalue weighted by Crippen LogP contribution is 2.75. The number of carbonyl (C=O) groups is 1. The third kappa shape index (κ3) is 4.57. The van der Waals surface area contributed by atoms with Gasteiger partial charge in [0.05, 0.1) is 37.9 Å². The van der Waals surface area contributed by atoms with Crippen molar-refractivity contribution in [3.05, 3.63) is 11.6 Å². The van der Waals surface area contributed by atoms with E-state index in [-0.39, 0.29) is 50.6 Å². The average molecular weight is 616 g/mol. The Kier molecular flexibility index (Phi) is 8.43. The van der Waals surface area contributed by atoms with Gasteiger partial charge >= 0.3 is 5.97 Å². The number of nitrogens with two attached hydrogens (primary N) is 1. The maximum Gasteiger partial charge on any atom is 0.307 e. The van der Waals surface area contributed by atoms with Crippen molar-refractivity contribution in [1.29, 1.82) is 0 Å². The van der Waals surface area contributed by atoms with E-state index in [1.54, 1.807) is 5.57 Å². The molecule has 2 bridgehead atoms. The first-order valence-electron chi connectivity index (χ1n) is 17.6. The van der Waals surface area contributed by atoms with E-state index in [0.717, 1.165) is 45.1 Å². The zero-order chi connectivity index (χ0) is 32.9. The molecule has 0 aromatic heterocycles. The topological polar surface area (TPSA) is 91.0 Å². The minimum absolute atomic E-state index is 0.0509. The lowest BCUT2D eigenvalue weighted by atomic mass is 9.34. The number of hydrogen-bond donors (Lipinski definition) is 2. The summed E-state index contributed by atoms with van der Waals surface area (Å²) in [6.45, 7) is 26.7. The zero-order valence-corrected chi connectivity index (χ0v) is 30.1. The fourth-order valence-electron chi connectivity index (χ4n) is 11.6. The Balaban J connectivity index is 1.54. The third-order valence-corrected chi connectivity index (χ3v) is 15.6. The van der Waals surface area contributed by atoms with Crippen LogP contribution in [0.5, 0.6) is 0 Å². The second kappa shape index (κ2) is 10.8. The summed E-state index contributed by atoms with van der Waals surface area (Å²) >= 11 is 0. The molecule has 5 aliphatic rings. The van der Waals surface area contributed by atoms with Crippen molar-refractivity contribution in [2.45, 2.75) is 132 Å². The van der Waals surface area contributed by atoms with Crippen LogP contribution >= 0.6 is 0 Å². The monoisotopic (exact) mass is 615 g/mol. The second-order valence-electron chi connectivity index (χ2n) is 18.7. The minimum atomic E-state index is -0.607. The predicted octanol–water partition coefficient (Wildman–Crippen LogP) is 7.74. The number of fused-ring (bicyclic) bond motifs is 3. The van der Waals surface area contributed by atoms with E-state index in [9.17, 15) is 9.90 Å². The van der Waals surface area contributed by atoms with Gasteiger partial charge in [0.2, 0.25) is 0 Å². The lowest BCUT2D eigenvalue weighted by Crippen LogP contribution is -2.70. The fourth-order valence-corrected chi connectivity index (χ4v) is 11.6. The Morgan fingerprint density at radius 1 is 1.07 bits per heavy atom. The molecule has 0 radical (unpaired) electrons. The van der Waals surface area contributed by atoms with Gasteiger partial charge in [-0.05, 0) is 90.8 Å². The molecule has 6 heteroatoms. The van der Waals surface area contributed by atoms with Crippen LogP contribution in [0.3, 0.4) is 0 Å². The molecule has 0 amide bonds. The smallest absolute Gasteiger partial charge is 0.307 e. The molecular formula is C38H65NO5. The van der Waals surface area contributed by atoms with Gasteiger partial charge < -0.3 is 25.1 Å². The van der Waals surface area contributed by atoms with Crippen LogP contribution in [0.2, 0.25) is 0 Å². The Bertz CT molecular complexity index is 1160. The molecule has 6 nitrogen and oxygen atoms in total. The van der Waals surface area contributed by atoms with Gasteiger partial charge in [-0.15, -0.1) is 0 Å². The summed E-state index contributed by atoms with van der Waals surface area (Å²) in [5.41, 5.74) is 6.85. The normalized spacial score (nSPS) is 47.5. The van der Waals surface area contributed by atoms with E-state index in [1.165, 1.54) is 0 Å². The van der Waals surface area contributed by atoms with Gasteiger partial charge in [-0.3, -0.25) is 4.79 Å². The molecule has 0 aromatic carbocycles. The van der Waals surface area contributed by atoms with Crippen molar-refractivity contribution in [3.8, 4) is 0 Å². The van der Waals surface area contributed by atoms with Crippen molar-refractivity contribution in [1.82, 2.24) is 0 Å². The maximum absolute atomic E-state index is 13.3. The van der Waals surface area contributed by atoms with Crippen LogP contribution in [0.15, 0.2) is 11.6 Å². The summed E-state index contributed by atoms with van der Waals surface area (Å²) in [4.78, 5) is 13.3. The minimum Gasteiger partial charge on any atom is -0.481 e. The summed E-state index contributed by atoms with van der Waals surface area (Å²) in [6, 6.07) is 0. The summed E-state index contributed by atoms with van der Waals surface area (Å²) in [5, 5.41) is 11.0. The fraction of sp³-hybridized carbons (Fsp3) is 0.921. The number of carboxylic acids is 1. The molecule has 44 heavy (non-hydrogen) atoms. The number of ether oxygens (including phenoxy) is 3. The highest BCUT2D eigenvalue weighted by Gasteiger charge is 2.71. The van der Waals surface area contributed by atoms with Crippen molar-refractivity contribution in [2.75, 3.05) is 26.9 Å². The Morgan fingerprint density at radius 3 is 2.30 bits per heavy atom. The lowest BCUT2D eigenvalue weighted by Gasteiger charge is -2.71. The molecule has 4 fully saturated rings. The summed E-state index contributed by atoms with van der Waals surface area (Å²) < 4.78 is 19.8. The summed E-state index contributed by atoms with van der Waals surface area (Å²) in [5.74, 6) is 0.580. The first-order chi connectivity index (χ1) is 20.2. The predicted molar refractivity (Wildman–Crippen MR) is 176 cm³/mol. The van der Waals surface area contributed by atoms with Gasteiger partial charge in [-0.2, -0.15) is 0 Å². The van der Waals surface area contributed by atoms with Crippen LogP contribution in [-0.4, -0.2) is 55.8 Å². The number of carboxylic acid groups (broad SMARTS) is 1. The molecular weight excluding hydrogens is 550 g/mol. The zero-order valence-electron chi connectivity index (χ0n) is 30.1. The van der Waals surface area contributed by atoms with E-state index in [0.29, 0.717) is 36.9 Å². The maximum atomic E-state index is 13.3. The molecule has 1 unspecified atom stereocenters. The van der Waals surface area contributed by atoms with Gasteiger partial charge in [0.1, 0.15) is 0 Å². The van der Waals surface area contributed by atoms with Crippen LogP contribution in [-0.2, 0) is 19.0 Å². The molecule has 12 atom stereocenters. The average Bonchev–Trinajstić information content (AvgIpc) is 2.91. The van der Waals surface area contributed by atoms with Crippen LogP contribution in [0.25, 0.3) is 0 Å². The van der Waals surface area contributed by atoms with Crippen molar-refractivity contribution in [2.24, 2.45) is 67.8 Å². The van der Waals surface area contributed by atoms with E-state index in [4.69, 9.17) is 19.9 Å². The molecule has 0 aromatic rings. The second-order valence-corrected chi connectivity index (χ2v) is 18.7. The van der Waals surface area contributed by atoms with Gasteiger partial charge in [0.25, 0.3) is 0 Å². The number of hydrogen-bond acceptors (Lipinski definition) is 5. The van der Waals surface area contributed by atoms with E-state index < -0.39 is 11.5 Å². The van der Waals surface area contributed by atoms with Gasteiger partial charge in [-0.25, -0.2) is 0 Å². The quantitative estimate of drug-likeness (QED) is 0.285. The highest BCUT2D eigenvalue weighted by molar-refractivity contribution is 5.73. The summed E-state index contributed by atoms with van der Waals surface area (Å²) in [6.07, 6.45) is 8.31. The molecule has 3 saturated carbocycles. The Hall–Kier alpha value is -0.950. The van der Waals surface area contributed by atoms with Gasteiger partial charge in [0, 0.05) is 23.5 Å². The van der Waals surface area contributed by atoms with E-state index in [1.807, 2.05) is 7.11 Å². The van der Waals surface area contributed by atoms with Crippen LogP contribution in [0.4, 0.5) is 0 Å². The van der Waals surface area contributed by atoms with Crippen molar-refractivity contribution >= 4 is 5.97 Å². The lowest BCUT2D eigenvalue weighted by molar-refractivity contribution is -0.270. The number of aliphatic carboxylic acids is 1. The molecule has 252 valence electrons. The molecule has 1 aliphatic heterocycles. The van der Waals surface area contributed by atoms with Gasteiger partial charge in [-0.1, -0.05) is 80.9 Å².